The van der Waals surface area contributed by atoms with Crippen molar-refractivity contribution in [2.24, 2.45) is 0 Å². The highest BCUT2D eigenvalue weighted by atomic mass is 16.5. The van der Waals surface area contributed by atoms with E-state index in [1.54, 1.807) is 24.3 Å². The quantitative estimate of drug-likeness (QED) is 0.728. The molecule has 0 aromatic heterocycles. The van der Waals surface area contributed by atoms with E-state index >= 15 is 0 Å². The van der Waals surface area contributed by atoms with E-state index in [4.69, 9.17) is 14.6 Å². The molecule has 112 valence electrons. The Morgan fingerprint density at radius 1 is 1.30 bits per heavy atom. The minimum atomic E-state index is -0.0719. The van der Waals surface area contributed by atoms with Gasteiger partial charge in [-0.15, -0.1) is 0 Å². The van der Waals surface area contributed by atoms with Crippen LogP contribution >= 0.6 is 0 Å². The van der Waals surface area contributed by atoms with Crippen LogP contribution < -0.4 is 10.1 Å². The highest BCUT2D eigenvalue weighted by molar-refractivity contribution is 5.90. The maximum Gasteiger partial charge on any atom is 0.226 e. The SMILES string of the molecule is CCC(C)OCCC(=O)Nc1ccc(OCCO)cc1. The number of anilines is 1. The number of hydrogen-bond acceptors (Lipinski definition) is 4. The summed E-state index contributed by atoms with van der Waals surface area (Å²) in [5.74, 6) is 0.592. The van der Waals surface area contributed by atoms with Crippen molar-refractivity contribution in [2.75, 3.05) is 25.1 Å². The summed E-state index contributed by atoms with van der Waals surface area (Å²) in [5, 5.41) is 11.4. The normalized spacial score (nSPS) is 11.9. The summed E-state index contributed by atoms with van der Waals surface area (Å²) in [7, 11) is 0. The van der Waals surface area contributed by atoms with Gasteiger partial charge in [-0.2, -0.15) is 0 Å². The van der Waals surface area contributed by atoms with Crippen LogP contribution in [0.3, 0.4) is 0 Å². The summed E-state index contributed by atoms with van der Waals surface area (Å²) >= 11 is 0. The number of nitrogens with one attached hydrogen (secondary N) is 1. The second-order valence-electron chi connectivity index (χ2n) is 4.48. The molecule has 1 rings (SSSR count). The van der Waals surface area contributed by atoms with Gasteiger partial charge in [0.25, 0.3) is 0 Å². The Kier molecular flexibility index (Phi) is 7.69. The Hall–Kier alpha value is -1.59. The van der Waals surface area contributed by atoms with E-state index in [2.05, 4.69) is 5.32 Å². The number of aliphatic hydroxyl groups is 1. The standard InChI is InChI=1S/C15H23NO4/c1-3-12(2)19-10-8-15(18)16-13-4-6-14(7-5-13)20-11-9-17/h4-7,12,17H,3,8-11H2,1-2H3,(H,16,18). The highest BCUT2D eigenvalue weighted by Crippen LogP contribution is 2.15. The lowest BCUT2D eigenvalue weighted by Gasteiger charge is -2.10. The van der Waals surface area contributed by atoms with Gasteiger partial charge in [0, 0.05) is 5.69 Å². The molecule has 20 heavy (non-hydrogen) atoms. The van der Waals surface area contributed by atoms with Crippen LogP contribution in [0.4, 0.5) is 5.69 Å². The van der Waals surface area contributed by atoms with Crippen LogP contribution in [0.1, 0.15) is 26.7 Å². The minimum Gasteiger partial charge on any atom is -0.491 e. The van der Waals surface area contributed by atoms with Crippen molar-refractivity contribution in [3.63, 3.8) is 0 Å². The molecule has 1 amide bonds. The first-order chi connectivity index (χ1) is 9.65. The fraction of sp³-hybridized carbons (Fsp3) is 0.533. The summed E-state index contributed by atoms with van der Waals surface area (Å²) in [5.41, 5.74) is 0.717. The summed E-state index contributed by atoms with van der Waals surface area (Å²) in [4.78, 5) is 11.7. The molecule has 0 saturated heterocycles. The lowest BCUT2D eigenvalue weighted by molar-refractivity contribution is -0.117. The minimum absolute atomic E-state index is 0.0192. The van der Waals surface area contributed by atoms with Crippen molar-refractivity contribution < 1.29 is 19.4 Å². The zero-order chi connectivity index (χ0) is 14.8. The van der Waals surface area contributed by atoms with Crippen LogP contribution in [0.5, 0.6) is 5.75 Å². The average molecular weight is 281 g/mol. The zero-order valence-corrected chi connectivity index (χ0v) is 12.1. The van der Waals surface area contributed by atoms with Crippen LogP contribution in [-0.2, 0) is 9.53 Å². The fourth-order valence-corrected chi connectivity index (χ4v) is 1.49. The van der Waals surface area contributed by atoms with E-state index in [1.807, 2.05) is 13.8 Å². The molecule has 0 spiro atoms. The fourth-order valence-electron chi connectivity index (χ4n) is 1.49. The number of carbonyl (C=O) groups is 1. The zero-order valence-electron chi connectivity index (χ0n) is 12.1. The Balaban J connectivity index is 2.31. The lowest BCUT2D eigenvalue weighted by atomic mass is 10.3. The van der Waals surface area contributed by atoms with Crippen molar-refractivity contribution >= 4 is 11.6 Å². The molecular weight excluding hydrogens is 258 g/mol. The summed E-state index contributed by atoms with van der Waals surface area (Å²) < 4.78 is 10.7. The van der Waals surface area contributed by atoms with Gasteiger partial charge in [-0.1, -0.05) is 6.92 Å². The van der Waals surface area contributed by atoms with Gasteiger partial charge in [0.1, 0.15) is 12.4 Å². The molecule has 0 aliphatic rings. The molecule has 0 heterocycles. The van der Waals surface area contributed by atoms with E-state index in [1.165, 1.54) is 0 Å². The van der Waals surface area contributed by atoms with Gasteiger partial charge in [0.2, 0.25) is 5.91 Å². The molecule has 0 aliphatic heterocycles. The number of hydrogen-bond donors (Lipinski definition) is 2. The van der Waals surface area contributed by atoms with Gasteiger partial charge in [-0.25, -0.2) is 0 Å². The summed E-state index contributed by atoms with van der Waals surface area (Å²) in [6, 6.07) is 7.03. The van der Waals surface area contributed by atoms with E-state index in [9.17, 15) is 4.79 Å². The Bertz CT molecular complexity index is 391. The van der Waals surface area contributed by atoms with Crippen molar-refractivity contribution in [1.29, 1.82) is 0 Å². The van der Waals surface area contributed by atoms with Crippen molar-refractivity contribution in [1.82, 2.24) is 0 Å². The monoisotopic (exact) mass is 281 g/mol. The van der Waals surface area contributed by atoms with Crippen molar-refractivity contribution in [3.8, 4) is 5.75 Å². The molecule has 1 aromatic carbocycles. The van der Waals surface area contributed by atoms with Crippen LogP contribution in [0.25, 0.3) is 0 Å². The largest absolute Gasteiger partial charge is 0.491 e. The van der Waals surface area contributed by atoms with E-state index in [-0.39, 0.29) is 25.2 Å². The number of rotatable bonds is 9. The molecule has 0 radical (unpaired) electrons. The van der Waals surface area contributed by atoms with E-state index in [0.717, 1.165) is 12.1 Å². The average Bonchev–Trinajstić information content (AvgIpc) is 2.46. The Morgan fingerprint density at radius 3 is 2.60 bits per heavy atom. The van der Waals surface area contributed by atoms with Gasteiger partial charge in [-0.3, -0.25) is 4.79 Å². The third kappa shape index (κ3) is 6.54. The summed E-state index contributed by atoms with van der Waals surface area (Å²) in [6.07, 6.45) is 1.47. The Morgan fingerprint density at radius 2 is 2.00 bits per heavy atom. The van der Waals surface area contributed by atoms with Crippen molar-refractivity contribution in [2.45, 2.75) is 32.8 Å². The predicted molar refractivity (Wildman–Crippen MR) is 78.0 cm³/mol. The van der Waals surface area contributed by atoms with Crippen molar-refractivity contribution in [3.05, 3.63) is 24.3 Å². The van der Waals surface area contributed by atoms with Crippen LogP contribution in [0, 0.1) is 0 Å². The first-order valence-corrected chi connectivity index (χ1v) is 6.91. The molecule has 1 unspecified atom stereocenters. The van der Waals surface area contributed by atoms with Crippen LogP contribution in [0.15, 0.2) is 24.3 Å². The van der Waals surface area contributed by atoms with Gasteiger partial charge >= 0.3 is 0 Å². The third-order valence-corrected chi connectivity index (χ3v) is 2.80. The van der Waals surface area contributed by atoms with E-state index < -0.39 is 0 Å². The first-order valence-electron chi connectivity index (χ1n) is 6.91. The second kappa shape index (κ2) is 9.34. The number of amides is 1. The Labute approximate surface area is 119 Å². The smallest absolute Gasteiger partial charge is 0.226 e. The first kappa shape index (κ1) is 16.5. The van der Waals surface area contributed by atoms with Gasteiger partial charge in [0.15, 0.2) is 0 Å². The van der Waals surface area contributed by atoms with Crippen LogP contribution in [0.2, 0.25) is 0 Å². The number of ether oxygens (including phenoxy) is 2. The highest BCUT2D eigenvalue weighted by Gasteiger charge is 2.04. The summed E-state index contributed by atoms with van der Waals surface area (Å²) in [6.45, 7) is 4.71. The maximum absolute atomic E-state index is 11.7. The molecule has 0 saturated carbocycles. The molecule has 0 fully saturated rings. The molecule has 0 aliphatic carbocycles. The van der Waals surface area contributed by atoms with Gasteiger partial charge < -0.3 is 19.9 Å². The van der Waals surface area contributed by atoms with Gasteiger partial charge in [-0.05, 0) is 37.6 Å². The number of benzene rings is 1. The van der Waals surface area contributed by atoms with E-state index in [0.29, 0.717) is 18.8 Å². The maximum atomic E-state index is 11.7. The number of carbonyl (C=O) groups excluding carboxylic acids is 1. The molecule has 0 bridgehead atoms. The molecule has 2 N–H and O–H groups in total. The molecule has 5 heteroatoms. The predicted octanol–water partition coefficient (Wildman–Crippen LogP) is 2.20. The lowest BCUT2D eigenvalue weighted by Crippen LogP contribution is -2.16. The number of aliphatic hydroxyl groups excluding tert-OH is 1. The second-order valence-corrected chi connectivity index (χ2v) is 4.48. The molecule has 1 aromatic rings. The third-order valence-electron chi connectivity index (χ3n) is 2.80. The topological polar surface area (TPSA) is 67.8 Å². The van der Waals surface area contributed by atoms with Gasteiger partial charge in [0.05, 0.1) is 25.7 Å². The van der Waals surface area contributed by atoms with Crippen LogP contribution in [-0.4, -0.2) is 36.9 Å². The molecular formula is C15H23NO4. The molecule has 1 atom stereocenters. The molecule has 5 nitrogen and oxygen atoms in total.